The molecule has 0 aliphatic rings. The highest BCUT2D eigenvalue weighted by atomic mass is 32.1. The van der Waals surface area contributed by atoms with Gasteiger partial charge in [-0.05, 0) is 18.2 Å². The van der Waals surface area contributed by atoms with Crippen molar-refractivity contribution in [2.45, 2.75) is 6.54 Å². The Morgan fingerprint density at radius 1 is 1.12 bits per heavy atom. The Morgan fingerprint density at radius 3 is 2.56 bits per heavy atom. The molecule has 1 N–H and O–H groups in total. The maximum absolute atomic E-state index is 14.0. The van der Waals surface area contributed by atoms with E-state index in [1.54, 1.807) is 6.07 Å². The number of phenols is 1. The van der Waals surface area contributed by atoms with E-state index in [1.165, 1.54) is 29.9 Å². The van der Waals surface area contributed by atoms with Crippen LogP contribution in [0, 0.1) is 17.5 Å². The van der Waals surface area contributed by atoms with Crippen LogP contribution in [0.4, 0.5) is 13.2 Å². The molecule has 25 heavy (non-hydrogen) atoms. The third-order valence-electron chi connectivity index (χ3n) is 3.65. The average Bonchev–Trinajstić information content (AvgIpc) is 3.05. The van der Waals surface area contributed by atoms with Crippen molar-refractivity contribution in [1.29, 1.82) is 0 Å². The minimum atomic E-state index is -1.64. The molecule has 0 atom stereocenters. The lowest BCUT2D eigenvalue weighted by Crippen LogP contribution is -2.36. The number of hydrogen-bond acceptors (Lipinski definition) is 4. The Hall–Kier alpha value is -2.81. The Labute approximate surface area is 142 Å². The van der Waals surface area contributed by atoms with Gasteiger partial charge in [-0.2, -0.15) is 4.39 Å². The Morgan fingerprint density at radius 2 is 1.84 bits per heavy atom. The molecule has 2 aromatic heterocycles. The van der Waals surface area contributed by atoms with Crippen LogP contribution in [0.5, 0.6) is 5.75 Å². The van der Waals surface area contributed by atoms with E-state index < -0.39 is 34.5 Å². The summed E-state index contributed by atoms with van der Waals surface area (Å²) in [6.07, 6.45) is 1.34. The molecule has 3 rings (SSSR count). The van der Waals surface area contributed by atoms with E-state index in [0.29, 0.717) is 10.9 Å². The topological polar surface area (TPSA) is 64.2 Å². The molecule has 0 aliphatic carbocycles. The van der Waals surface area contributed by atoms with Gasteiger partial charge in [-0.3, -0.25) is 13.9 Å². The third kappa shape index (κ3) is 2.98. The summed E-state index contributed by atoms with van der Waals surface area (Å²) in [5, 5.41) is 9.30. The van der Waals surface area contributed by atoms with Crippen molar-refractivity contribution in [1.82, 2.24) is 9.13 Å². The Kier molecular flexibility index (Phi) is 4.25. The second-order valence-corrected chi connectivity index (χ2v) is 6.44. The van der Waals surface area contributed by atoms with Gasteiger partial charge in [0, 0.05) is 34.6 Å². The van der Waals surface area contributed by atoms with Crippen LogP contribution in [0.25, 0.3) is 10.4 Å². The lowest BCUT2D eigenvalue weighted by Gasteiger charge is -2.06. The maximum atomic E-state index is 14.0. The summed E-state index contributed by atoms with van der Waals surface area (Å²) in [4.78, 5) is 24.3. The number of hydrogen-bond donors (Lipinski definition) is 1. The monoisotopic (exact) mass is 368 g/mol. The number of thiophene rings is 1. The van der Waals surface area contributed by atoms with Crippen molar-refractivity contribution >= 4 is 11.3 Å². The van der Waals surface area contributed by atoms with E-state index in [-0.39, 0.29) is 17.0 Å². The normalized spacial score (nSPS) is 11.0. The van der Waals surface area contributed by atoms with Crippen molar-refractivity contribution < 1.29 is 18.3 Å². The van der Waals surface area contributed by atoms with Crippen LogP contribution >= 0.6 is 11.3 Å². The van der Waals surface area contributed by atoms with Gasteiger partial charge in [0.2, 0.25) is 5.82 Å². The minimum absolute atomic E-state index is 0.120. The van der Waals surface area contributed by atoms with Crippen LogP contribution in [0.3, 0.4) is 0 Å². The van der Waals surface area contributed by atoms with E-state index in [9.17, 15) is 27.9 Å². The van der Waals surface area contributed by atoms with Gasteiger partial charge in [-0.25, -0.2) is 13.6 Å². The summed E-state index contributed by atoms with van der Waals surface area (Å²) in [6.45, 7) is 0.120. The smallest absolute Gasteiger partial charge is 0.331 e. The number of aromatic nitrogens is 2. The van der Waals surface area contributed by atoms with Crippen molar-refractivity contribution in [3.63, 3.8) is 0 Å². The first-order valence-electron chi connectivity index (χ1n) is 7.01. The molecular weight excluding hydrogens is 357 g/mol. The minimum Gasteiger partial charge on any atom is -0.503 e. The molecule has 0 saturated heterocycles. The van der Waals surface area contributed by atoms with Gasteiger partial charge >= 0.3 is 5.69 Å². The van der Waals surface area contributed by atoms with Gasteiger partial charge in [0.25, 0.3) is 5.56 Å². The number of nitrogens with zero attached hydrogens (tertiary/aromatic N) is 2. The third-order valence-corrected chi connectivity index (χ3v) is 4.75. The van der Waals surface area contributed by atoms with E-state index in [2.05, 4.69) is 0 Å². The zero-order valence-corrected chi connectivity index (χ0v) is 13.6. The van der Waals surface area contributed by atoms with Gasteiger partial charge in [0.05, 0.1) is 6.54 Å². The molecule has 0 amide bonds. The van der Waals surface area contributed by atoms with Crippen LogP contribution in [0.1, 0.15) is 4.88 Å². The summed E-state index contributed by atoms with van der Waals surface area (Å²) in [5.41, 5.74) is -1.23. The van der Waals surface area contributed by atoms with Crippen molar-refractivity contribution in [3.8, 4) is 16.2 Å². The first-order chi connectivity index (χ1) is 11.8. The molecule has 1 aromatic carbocycles. The molecule has 130 valence electrons. The van der Waals surface area contributed by atoms with Crippen LogP contribution in [0.2, 0.25) is 0 Å². The van der Waals surface area contributed by atoms with Crippen LogP contribution in [-0.2, 0) is 13.6 Å². The van der Waals surface area contributed by atoms with Gasteiger partial charge in [-0.1, -0.05) is 0 Å². The molecule has 0 aliphatic heterocycles. The first kappa shape index (κ1) is 17.0. The number of aromatic hydroxyl groups is 1. The molecule has 2 heterocycles. The zero-order valence-electron chi connectivity index (χ0n) is 12.8. The predicted octanol–water partition coefficient (Wildman–Crippen LogP) is 2.45. The summed E-state index contributed by atoms with van der Waals surface area (Å²) >= 11 is 1.05. The zero-order chi connectivity index (χ0) is 18.3. The second-order valence-electron chi connectivity index (χ2n) is 5.27. The molecule has 5 nitrogen and oxygen atoms in total. The molecule has 0 bridgehead atoms. The van der Waals surface area contributed by atoms with Crippen molar-refractivity contribution in [3.05, 3.63) is 73.6 Å². The molecule has 0 unspecified atom stereocenters. The van der Waals surface area contributed by atoms with Crippen LogP contribution in [-0.4, -0.2) is 14.2 Å². The van der Waals surface area contributed by atoms with E-state index in [4.69, 9.17) is 0 Å². The van der Waals surface area contributed by atoms with Gasteiger partial charge in [0.1, 0.15) is 0 Å². The second kappa shape index (κ2) is 6.25. The molecule has 0 fully saturated rings. The standard InChI is InChI=1S/C16H11F3N2O3S/c1-20-12(22)4-5-21(16(20)24)7-8-2-3-11(25-8)9-6-10(17)14(19)15(23)13(9)18/h2-6,23H,7H2,1H3. The lowest BCUT2D eigenvalue weighted by molar-refractivity contribution is 0.377. The molecule has 3 aromatic rings. The first-order valence-corrected chi connectivity index (χ1v) is 7.83. The number of halogens is 3. The fraction of sp³-hybridized carbons (Fsp3) is 0.125. The SMILES string of the molecule is Cn1c(=O)ccn(Cc2ccc(-c3cc(F)c(F)c(O)c3F)s2)c1=O. The number of phenolic OH excluding ortho intramolecular Hbond substituents is 1. The Balaban J connectivity index is 1.98. The van der Waals surface area contributed by atoms with Crippen LogP contribution < -0.4 is 11.2 Å². The van der Waals surface area contributed by atoms with E-state index in [1.807, 2.05) is 0 Å². The predicted molar refractivity (Wildman–Crippen MR) is 86.3 cm³/mol. The van der Waals surface area contributed by atoms with E-state index >= 15 is 0 Å². The molecule has 9 heteroatoms. The van der Waals surface area contributed by atoms with Crippen molar-refractivity contribution in [2.75, 3.05) is 0 Å². The summed E-state index contributed by atoms with van der Waals surface area (Å²) < 4.78 is 42.8. The van der Waals surface area contributed by atoms with E-state index in [0.717, 1.165) is 15.9 Å². The highest BCUT2D eigenvalue weighted by Gasteiger charge is 2.20. The van der Waals surface area contributed by atoms with Crippen LogP contribution in [0.15, 0.2) is 40.1 Å². The molecule has 0 radical (unpaired) electrons. The Bertz CT molecular complexity index is 1090. The summed E-state index contributed by atoms with van der Waals surface area (Å²) in [7, 11) is 1.35. The fourth-order valence-electron chi connectivity index (χ4n) is 2.28. The summed E-state index contributed by atoms with van der Waals surface area (Å²) in [6, 6.07) is 4.97. The number of benzene rings is 1. The highest BCUT2D eigenvalue weighted by Crippen LogP contribution is 2.36. The molecular formula is C16H11F3N2O3S. The highest BCUT2D eigenvalue weighted by molar-refractivity contribution is 7.15. The van der Waals surface area contributed by atoms with Gasteiger partial charge < -0.3 is 5.11 Å². The average molecular weight is 368 g/mol. The van der Waals surface area contributed by atoms with Gasteiger partial charge in [0.15, 0.2) is 17.4 Å². The number of rotatable bonds is 3. The molecule has 0 spiro atoms. The largest absolute Gasteiger partial charge is 0.503 e. The quantitative estimate of drug-likeness (QED) is 0.723. The lowest BCUT2D eigenvalue weighted by atomic mass is 10.1. The summed E-state index contributed by atoms with van der Waals surface area (Å²) in [5.74, 6) is -5.64. The fourth-order valence-corrected chi connectivity index (χ4v) is 3.30. The molecule has 0 saturated carbocycles. The maximum Gasteiger partial charge on any atom is 0.331 e. The van der Waals surface area contributed by atoms with Crippen molar-refractivity contribution in [2.24, 2.45) is 7.05 Å². The van der Waals surface area contributed by atoms with Gasteiger partial charge in [-0.15, -0.1) is 11.3 Å².